The summed E-state index contributed by atoms with van der Waals surface area (Å²) in [5.41, 5.74) is 2.49. The molecule has 1 aromatic carbocycles. The highest BCUT2D eigenvalue weighted by molar-refractivity contribution is 6.30. The topological polar surface area (TPSA) is 51.5 Å². The summed E-state index contributed by atoms with van der Waals surface area (Å²) in [6, 6.07) is 9.24. The lowest BCUT2D eigenvalue weighted by Gasteiger charge is -2.23. The second kappa shape index (κ2) is 9.72. The van der Waals surface area contributed by atoms with E-state index in [-0.39, 0.29) is 23.5 Å². The van der Waals surface area contributed by atoms with Crippen molar-refractivity contribution in [2.24, 2.45) is 0 Å². The van der Waals surface area contributed by atoms with Gasteiger partial charge in [0.05, 0.1) is 12.3 Å². The summed E-state index contributed by atoms with van der Waals surface area (Å²) in [4.78, 5) is 27.3. The van der Waals surface area contributed by atoms with Crippen molar-refractivity contribution in [3.05, 3.63) is 68.1 Å². The average molecular weight is 391 g/mol. The van der Waals surface area contributed by atoms with E-state index in [0.29, 0.717) is 30.4 Å². The molecule has 0 radical (unpaired) electrons. The Balaban J connectivity index is 2.48. The van der Waals surface area contributed by atoms with Gasteiger partial charge in [-0.25, -0.2) is 0 Å². The Hall–Kier alpha value is -2.11. The molecular formula is C21H27ClN2O3. The van der Waals surface area contributed by atoms with Gasteiger partial charge in [-0.3, -0.25) is 9.59 Å². The first kappa shape index (κ1) is 21.2. The molecule has 0 unspecified atom stereocenters. The standard InChI is InChI=1S/C21H27ClN2O3/c1-5-23(6-2)21(26)20-18(14-27-4)24(15(3)12-19(20)25)11-10-16-8-7-9-17(22)13-16/h7-9,12-13H,5-6,10-11,14H2,1-4H3. The van der Waals surface area contributed by atoms with Crippen molar-refractivity contribution in [3.8, 4) is 0 Å². The van der Waals surface area contributed by atoms with Crippen LogP contribution in [0.15, 0.2) is 35.1 Å². The highest BCUT2D eigenvalue weighted by Crippen LogP contribution is 2.16. The molecule has 0 N–H and O–H groups in total. The second-order valence-corrected chi connectivity index (χ2v) is 6.85. The lowest BCUT2D eigenvalue weighted by molar-refractivity contribution is 0.0764. The number of hydrogen-bond donors (Lipinski definition) is 0. The van der Waals surface area contributed by atoms with Gasteiger partial charge in [-0.15, -0.1) is 0 Å². The average Bonchev–Trinajstić information content (AvgIpc) is 2.62. The minimum atomic E-state index is -0.254. The molecule has 0 saturated heterocycles. The van der Waals surface area contributed by atoms with Crippen LogP contribution in [0.2, 0.25) is 5.02 Å². The molecule has 0 bridgehead atoms. The van der Waals surface area contributed by atoms with Crippen LogP contribution in [0, 0.1) is 6.92 Å². The van der Waals surface area contributed by atoms with Crippen molar-refractivity contribution in [2.75, 3.05) is 20.2 Å². The highest BCUT2D eigenvalue weighted by atomic mass is 35.5. The van der Waals surface area contributed by atoms with Crippen LogP contribution in [0.25, 0.3) is 0 Å². The number of hydrogen-bond acceptors (Lipinski definition) is 3. The van der Waals surface area contributed by atoms with Gasteiger partial charge >= 0.3 is 0 Å². The van der Waals surface area contributed by atoms with Crippen LogP contribution in [0.4, 0.5) is 0 Å². The van der Waals surface area contributed by atoms with Crippen LogP contribution >= 0.6 is 11.6 Å². The van der Waals surface area contributed by atoms with Gasteiger partial charge in [0.1, 0.15) is 5.56 Å². The van der Waals surface area contributed by atoms with E-state index in [9.17, 15) is 9.59 Å². The fourth-order valence-electron chi connectivity index (χ4n) is 3.26. The minimum absolute atomic E-state index is 0.203. The summed E-state index contributed by atoms with van der Waals surface area (Å²) in [6.45, 7) is 7.63. The molecule has 0 aliphatic rings. The number of benzene rings is 1. The van der Waals surface area contributed by atoms with Gasteiger partial charge in [0.25, 0.3) is 5.91 Å². The number of aryl methyl sites for hydroxylation is 2. The zero-order chi connectivity index (χ0) is 20.0. The Kier molecular flexibility index (Phi) is 7.63. The minimum Gasteiger partial charge on any atom is -0.378 e. The Morgan fingerprint density at radius 1 is 1.22 bits per heavy atom. The number of rotatable bonds is 8. The number of pyridine rings is 1. The van der Waals surface area contributed by atoms with Gasteiger partial charge in [-0.2, -0.15) is 0 Å². The second-order valence-electron chi connectivity index (χ2n) is 6.41. The quantitative estimate of drug-likeness (QED) is 0.690. The molecule has 0 fully saturated rings. The molecule has 6 heteroatoms. The van der Waals surface area contributed by atoms with Crippen molar-refractivity contribution < 1.29 is 9.53 Å². The molecule has 0 saturated carbocycles. The normalized spacial score (nSPS) is 10.9. The molecule has 1 amide bonds. The third-order valence-corrected chi connectivity index (χ3v) is 4.92. The first-order valence-corrected chi connectivity index (χ1v) is 9.56. The third-order valence-electron chi connectivity index (χ3n) is 4.69. The van der Waals surface area contributed by atoms with Crippen molar-refractivity contribution in [3.63, 3.8) is 0 Å². The summed E-state index contributed by atoms with van der Waals surface area (Å²) in [6.07, 6.45) is 0.736. The fourth-order valence-corrected chi connectivity index (χ4v) is 3.47. The van der Waals surface area contributed by atoms with Gasteiger partial charge in [0.2, 0.25) is 0 Å². The monoisotopic (exact) mass is 390 g/mol. The molecule has 0 atom stereocenters. The Bertz CT molecular complexity index is 857. The van der Waals surface area contributed by atoms with E-state index in [1.165, 1.54) is 6.07 Å². The number of carbonyl (C=O) groups excluding carboxylic acids is 1. The van der Waals surface area contributed by atoms with Crippen LogP contribution < -0.4 is 5.43 Å². The van der Waals surface area contributed by atoms with Crippen LogP contribution in [0.3, 0.4) is 0 Å². The highest BCUT2D eigenvalue weighted by Gasteiger charge is 2.23. The van der Waals surface area contributed by atoms with Crippen molar-refractivity contribution in [1.29, 1.82) is 0 Å². The van der Waals surface area contributed by atoms with Gasteiger partial charge in [-0.05, 0) is 44.9 Å². The SMILES string of the molecule is CCN(CC)C(=O)c1c(COC)n(CCc2cccc(Cl)c2)c(C)cc1=O. The molecule has 1 heterocycles. The van der Waals surface area contributed by atoms with E-state index in [0.717, 1.165) is 17.7 Å². The molecule has 0 aliphatic carbocycles. The van der Waals surface area contributed by atoms with E-state index in [1.807, 2.05) is 49.6 Å². The van der Waals surface area contributed by atoms with Crippen molar-refractivity contribution >= 4 is 17.5 Å². The van der Waals surface area contributed by atoms with E-state index in [4.69, 9.17) is 16.3 Å². The molecule has 5 nitrogen and oxygen atoms in total. The number of aromatic nitrogens is 1. The molecule has 0 aliphatic heterocycles. The predicted molar refractivity (Wildman–Crippen MR) is 109 cm³/mol. The number of methoxy groups -OCH3 is 1. The molecule has 2 aromatic rings. The molecule has 146 valence electrons. The molecule has 27 heavy (non-hydrogen) atoms. The Labute approximate surface area is 165 Å². The lowest BCUT2D eigenvalue weighted by atomic mass is 10.1. The first-order valence-electron chi connectivity index (χ1n) is 9.18. The van der Waals surface area contributed by atoms with Crippen LogP contribution in [0.1, 0.15) is 41.2 Å². The summed E-state index contributed by atoms with van der Waals surface area (Å²) in [5, 5.41) is 0.693. The van der Waals surface area contributed by atoms with Gasteiger partial charge in [0, 0.05) is 43.5 Å². The predicted octanol–water partition coefficient (Wildman–Crippen LogP) is 3.68. The van der Waals surface area contributed by atoms with Gasteiger partial charge < -0.3 is 14.2 Å². The van der Waals surface area contributed by atoms with E-state index in [1.54, 1.807) is 12.0 Å². The maximum absolute atomic E-state index is 12.9. The maximum atomic E-state index is 12.9. The van der Waals surface area contributed by atoms with Crippen molar-refractivity contribution in [2.45, 2.75) is 40.3 Å². The molecule has 2 rings (SSSR count). The van der Waals surface area contributed by atoms with Gasteiger partial charge in [0.15, 0.2) is 5.43 Å². The molecule has 1 aromatic heterocycles. The Morgan fingerprint density at radius 2 is 1.93 bits per heavy atom. The lowest BCUT2D eigenvalue weighted by Crippen LogP contribution is -2.36. The Morgan fingerprint density at radius 3 is 2.52 bits per heavy atom. The van der Waals surface area contributed by atoms with Gasteiger partial charge in [-0.1, -0.05) is 23.7 Å². The largest absolute Gasteiger partial charge is 0.378 e. The number of carbonyl (C=O) groups is 1. The number of ether oxygens (including phenoxy) is 1. The molecule has 0 spiro atoms. The summed E-state index contributed by atoms with van der Waals surface area (Å²) < 4.78 is 7.34. The van der Waals surface area contributed by atoms with E-state index >= 15 is 0 Å². The smallest absolute Gasteiger partial charge is 0.259 e. The third kappa shape index (κ3) is 4.99. The maximum Gasteiger partial charge on any atom is 0.259 e. The van der Waals surface area contributed by atoms with Crippen LogP contribution in [-0.4, -0.2) is 35.6 Å². The number of nitrogens with zero attached hydrogens (tertiary/aromatic N) is 2. The summed E-state index contributed by atoms with van der Waals surface area (Å²) in [5.74, 6) is -0.242. The number of halogens is 1. The summed E-state index contributed by atoms with van der Waals surface area (Å²) in [7, 11) is 1.57. The van der Waals surface area contributed by atoms with Crippen LogP contribution in [0.5, 0.6) is 0 Å². The zero-order valence-electron chi connectivity index (χ0n) is 16.4. The van der Waals surface area contributed by atoms with E-state index < -0.39 is 0 Å². The first-order chi connectivity index (χ1) is 12.9. The summed E-state index contributed by atoms with van der Waals surface area (Å²) >= 11 is 6.07. The fraction of sp³-hybridized carbons (Fsp3) is 0.429. The zero-order valence-corrected chi connectivity index (χ0v) is 17.2. The number of amides is 1. The van der Waals surface area contributed by atoms with E-state index in [2.05, 4.69) is 0 Å². The van der Waals surface area contributed by atoms with Crippen molar-refractivity contribution in [1.82, 2.24) is 9.47 Å². The molecular weight excluding hydrogens is 364 g/mol. The van der Waals surface area contributed by atoms with Crippen LogP contribution in [-0.2, 0) is 24.3 Å².